The van der Waals surface area contributed by atoms with E-state index in [9.17, 15) is 5.11 Å². The molecule has 2 N–H and O–H groups in total. The number of thiocarbonyl (C=S) groups is 1. The Morgan fingerprint density at radius 2 is 1.79 bits per heavy atom. The monoisotopic (exact) mass is 552 g/mol. The average Bonchev–Trinajstić information content (AvgIpc) is 3.32. The molecule has 34 heavy (non-hydrogen) atoms. The fraction of sp³-hybridized carbons (Fsp3) is 0.154. The number of halogens is 2. The van der Waals surface area contributed by atoms with Gasteiger partial charge in [-0.25, -0.2) is 0 Å². The molecule has 2 aromatic carbocycles. The lowest BCUT2D eigenvalue weighted by Gasteiger charge is -2.29. The third kappa shape index (κ3) is 3.87. The zero-order valence-electron chi connectivity index (χ0n) is 18.5. The van der Waals surface area contributed by atoms with Crippen molar-refractivity contribution in [1.82, 2.24) is 14.9 Å². The molecule has 0 bridgehead atoms. The quantitative estimate of drug-likeness (QED) is 0.273. The highest BCUT2D eigenvalue weighted by Gasteiger charge is 2.43. The summed E-state index contributed by atoms with van der Waals surface area (Å²) in [4.78, 5) is 6.57. The molecule has 0 saturated carbocycles. The van der Waals surface area contributed by atoms with Gasteiger partial charge < -0.3 is 19.9 Å². The molecule has 8 heteroatoms. The summed E-state index contributed by atoms with van der Waals surface area (Å²) in [6.07, 6.45) is 1.78. The Morgan fingerprint density at radius 3 is 2.53 bits per heavy atom. The van der Waals surface area contributed by atoms with Crippen molar-refractivity contribution in [3.8, 4) is 11.4 Å². The first-order valence-corrected chi connectivity index (χ1v) is 12.4. The van der Waals surface area contributed by atoms with E-state index in [0.717, 1.165) is 32.8 Å². The lowest BCUT2D eigenvalue weighted by molar-refractivity contribution is 0.472. The molecule has 0 radical (unpaired) electrons. The zero-order valence-corrected chi connectivity index (χ0v) is 21.7. The van der Waals surface area contributed by atoms with Gasteiger partial charge in [-0.2, -0.15) is 0 Å². The van der Waals surface area contributed by atoms with Crippen LogP contribution in [0.4, 0.5) is 5.69 Å². The van der Waals surface area contributed by atoms with Crippen molar-refractivity contribution in [2.45, 2.75) is 25.9 Å². The van der Waals surface area contributed by atoms with Crippen LogP contribution >= 0.6 is 39.7 Å². The largest absolute Gasteiger partial charge is 0.506 e. The highest BCUT2D eigenvalue weighted by Crippen LogP contribution is 2.46. The molecule has 5 nitrogen and oxygen atoms in total. The van der Waals surface area contributed by atoms with Crippen LogP contribution in [0.15, 0.2) is 77.4 Å². The Morgan fingerprint density at radius 1 is 1.03 bits per heavy atom. The number of anilines is 1. The summed E-state index contributed by atoms with van der Waals surface area (Å²) in [5.74, 6) is 0.111. The molecule has 1 fully saturated rings. The average molecular weight is 554 g/mol. The van der Waals surface area contributed by atoms with Crippen molar-refractivity contribution >= 4 is 50.5 Å². The lowest BCUT2D eigenvalue weighted by atomic mass is 9.96. The Bertz CT molecular complexity index is 1390. The van der Waals surface area contributed by atoms with E-state index in [1.54, 1.807) is 24.4 Å². The maximum atomic E-state index is 10.8. The van der Waals surface area contributed by atoms with Crippen molar-refractivity contribution < 1.29 is 5.11 Å². The molecule has 4 aromatic rings. The molecule has 3 heterocycles. The van der Waals surface area contributed by atoms with E-state index in [2.05, 4.69) is 56.8 Å². The molecule has 0 amide bonds. The first-order valence-electron chi connectivity index (χ1n) is 10.8. The third-order valence-electron chi connectivity index (χ3n) is 6.18. The first kappa shape index (κ1) is 22.9. The normalized spacial score (nSPS) is 17.8. The number of rotatable bonds is 4. The predicted octanol–water partition coefficient (Wildman–Crippen LogP) is 6.79. The molecule has 2 atom stereocenters. The molecule has 2 aromatic heterocycles. The third-order valence-corrected chi connectivity index (χ3v) is 7.40. The summed E-state index contributed by atoms with van der Waals surface area (Å²) in [7, 11) is 0. The molecule has 172 valence electrons. The van der Waals surface area contributed by atoms with Crippen molar-refractivity contribution in [3.05, 3.63) is 105 Å². The first-order chi connectivity index (χ1) is 16.4. The predicted molar refractivity (Wildman–Crippen MR) is 144 cm³/mol. The topological polar surface area (TPSA) is 53.3 Å². The molecule has 1 aliphatic heterocycles. The van der Waals surface area contributed by atoms with E-state index in [4.69, 9.17) is 23.8 Å². The van der Waals surface area contributed by atoms with Crippen molar-refractivity contribution in [1.29, 1.82) is 0 Å². The molecular weight excluding hydrogens is 532 g/mol. The minimum Gasteiger partial charge on any atom is -0.506 e. The molecule has 1 saturated heterocycles. The van der Waals surface area contributed by atoms with Gasteiger partial charge in [-0.05, 0) is 96.1 Å². The molecule has 5 rings (SSSR count). The van der Waals surface area contributed by atoms with E-state index in [1.807, 2.05) is 41.3 Å². The van der Waals surface area contributed by atoms with E-state index in [0.29, 0.717) is 15.8 Å². The summed E-state index contributed by atoms with van der Waals surface area (Å²) >= 11 is 15.8. The highest BCUT2D eigenvalue weighted by molar-refractivity contribution is 9.10. The van der Waals surface area contributed by atoms with E-state index < -0.39 is 0 Å². The van der Waals surface area contributed by atoms with Gasteiger partial charge in [0.25, 0.3) is 0 Å². The molecular formula is C26H22BrClN4OS. The van der Waals surface area contributed by atoms with Gasteiger partial charge >= 0.3 is 0 Å². The number of hydrogen-bond acceptors (Lipinski definition) is 3. The number of benzene rings is 2. The van der Waals surface area contributed by atoms with Crippen molar-refractivity contribution in [3.63, 3.8) is 0 Å². The number of aromatic nitrogens is 2. The molecule has 1 aliphatic rings. The zero-order chi connectivity index (χ0) is 24.0. The van der Waals surface area contributed by atoms with Crippen LogP contribution in [0.25, 0.3) is 5.69 Å². The molecule has 0 aliphatic carbocycles. The van der Waals surface area contributed by atoms with Crippen LogP contribution in [0.2, 0.25) is 5.02 Å². The maximum absolute atomic E-state index is 10.8. The van der Waals surface area contributed by atoms with Gasteiger partial charge in [-0.1, -0.05) is 29.8 Å². The number of phenolic OH excluding ortho intramolecular Hbond substituents is 1. The van der Waals surface area contributed by atoms with Crippen molar-refractivity contribution in [2.24, 2.45) is 0 Å². The number of phenols is 1. The lowest BCUT2D eigenvalue weighted by Crippen LogP contribution is -2.29. The number of aromatic hydroxyl groups is 1. The highest BCUT2D eigenvalue weighted by atomic mass is 79.9. The number of aryl methyl sites for hydroxylation is 1. The van der Waals surface area contributed by atoms with E-state index in [1.165, 1.54) is 0 Å². The van der Waals surface area contributed by atoms with Gasteiger partial charge in [-0.3, -0.25) is 4.98 Å². The van der Waals surface area contributed by atoms with E-state index in [-0.39, 0.29) is 17.8 Å². The fourth-order valence-electron chi connectivity index (χ4n) is 4.71. The Hall–Kier alpha value is -2.87. The van der Waals surface area contributed by atoms with Crippen LogP contribution in [0, 0.1) is 13.8 Å². The second-order valence-electron chi connectivity index (χ2n) is 8.24. The fourth-order valence-corrected chi connectivity index (χ4v) is 5.68. The molecule has 0 unspecified atom stereocenters. The standard InChI is InChI=1S/C26H22BrClN4OS/c1-15-13-18(16(2)31(15)21-9-4-3-7-19(21)27)25-24(20-8-5-6-12-29-20)30-26(34)32(25)22-14-17(28)10-11-23(22)33/h3-14,24-25,33H,1-2H3,(H,30,34)/t24-,25-/m1/s1. The van der Waals surface area contributed by atoms with Crippen LogP contribution < -0.4 is 10.2 Å². The SMILES string of the molecule is Cc1cc([C@@H]2[C@@H](c3ccccn3)NC(=S)N2c2cc(Cl)ccc2O)c(C)n1-c1ccccc1Br. The van der Waals surface area contributed by atoms with Crippen LogP contribution in [-0.2, 0) is 0 Å². The van der Waals surface area contributed by atoms with Crippen LogP contribution in [0.1, 0.15) is 34.7 Å². The minimum atomic E-state index is -0.255. The van der Waals surface area contributed by atoms with Gasteiger partial charge in [0.15, 0.2) is 5.11 Å². The van der Waals surface area contributed by atoms with Gasteiger partial charge in [0.1, 0.15) is 5.75 Å². The summed E-state index contributed by atoms with van der Waals surface area (Å²) in [5, 5.41) is 15.2. The smallest absolute Gasteiger partial charge is 0.174 e. The summed E-state index contributed by atoms with van der Waals surface area (Å²) in [6.45, 7) is 4.20. The van der Waals surface area contributed by atoms with Crippen molar-refractivity contribution in [2.75, 3.05) is 4.90 Å². The number of hydrogen-bond donors (Lipinski definition) is 2. The second-order valence-corrected chi connectivity index (χ2v) is 9.92. The molecule has 0 spiro atoms. The number of nitrogens with one attached hydrogen (secondary N) is 1. The van der Waals surface area contributed by atoms with Gasteiger partial charge in [0.2, 0.25) is 0 Å². The maximum Gasteiger partial charge on any atom is 0.174 e. The van der Waals surface area contributed by atoms with E-state index >= 15 is 0 Å². The second kappa shape index (κ2) is 9.06. The Kier molecular flexibility index (Phi) is 6.10. The number of pyridine rings is 1. The Labute approximate surface area is 217 Å². The van der Waals surface area contributed by atoms with Gasteiger partial charge in [0, 0.05) is 27.1 Å². The number of para-hydroxylation sites is 1. The Balaban J connectivity index is 1.72. The van der Waals surface area contributed by atoms with Gasteiger partial charge in [-0.15, -0.1) is 0 Å². The van der Waals surface area contributed by atoms with Gasteiger partial charge in [0.05, 0.1) is 29.2 Å². The van der Waals surface area contributed by atoms with Crippen LogP contribution in [0.5, 0.6) is 5.75 Å². The number of nitrogens with zero attached hydrogens (tertiary/aromatic N) is 3. The van der Waals surface area contributed by atoms with Crippen LogP contribution in [0.3, 0.4) is 0 Å². The summed E-state index contributed by atoms with van der Waals surface area (Å²) < 4.78 is 3.24. The minimum absolute atomic E-state index is 0.111. The van der Waals surface area contributed by atoms with Crippen LogP contribution in [-0.4, -0.2) is 19.8 Å². The summed E-state index contributed by atoms with van der Waals surface area (Å²) in [5.41, 5.74) is 5.73. The summed E-state index contributed by atoms with van der Waals surface area (Å²) in [6, 6.07) is 20.7.